The van der Waals surface area contributed by atoms with Crippen LogP contribution < -0.4 is 5.32 Å². The van der Waals surface area contributed by atoms with Crippen molar-refractivity contribution >= 4 is 44.0 Å². The molecule has 1 aliphatic heterocycles. The van der Waals surface area contributed by atoms with Crippen molar-refractivity contribution in [2.45, 2.75) is 23.8 Å². The average molecular weight is 415 g/mol. The second-order valence-electron chi connectivity index (χ2n) is 4.87. The predicted octanol–water partition coefficient (Wildman–Crippen LogP) is 2.15. The van der Waals surface area contributed by atoms with Crippen LogP contribution in [-0.2, 0) is 10.0 Å². The van der Waals surface area contributed by atoms with E-state index in [-0.39, 0.29) is 23.3 Å². The summed E-state index contributed by atoms with van der Waals surface area (Å²) in [6, 6.07) is 3.80. The van der Waals surface area contributed by atoms with Gasteiger partial charge in [-0.2, -0.15) is 4.31 Å². The maximum atomic E-state index is 12.7. The Morgan fingerprint density at radius 3 is 2.50 bits per heavy atom. The highest BCUT2D eigenvalue weighted by Crippen LogP contribution is 2.30. The third-order valence-electron chi connectivity index (χ3n) is 3.60. The Labute approximate surface area is 143 Å². The molecule has 22 heavy (non-hydrogen) atoms. The van der Waals surface area contributed by atoms with E-state index in [4.69, 9.17) is 0 Å². The molecule has 10 heteroatoms. The summed E-state index contributed by atoms with van der Waals surface area (Å²) in [5, 5.41) is 14.2. The Morgan fingerprint density at radius 2 is 1.95 bits per heavy atom. The second kappa shape index (κ2) is 7.69. The standard InChI is InChI=1S/C12H16BrN3O4S.ClH/c1-15(10-4-6-14-7-5-10)21(19,20)12-8-9(13)2-3-11(12)16(17)18;/h2-3,8,10,14H,4-7H2,1H3;1H. The van der Waals surface area contributed by atoms with Crippen molar-refractivity contribution in [3.05, 3.63) is 32.8 Å². The molecule has 1 N–H and O–H groups in total. The summed E-state index contributed by atoms with van der Waals surface area (Å²) in [7, 11) is -2.42. The molecular formula is C12H17BrClN3O4S. The Kier molecular flexibility index (Phi) is 6.75. The van der Waals surface area contributed by atoms with Crippen molar-refractivity contribution in [1.82, 2.24) is 9.62 Å². The minimum Gasteiger partial charge on any atom is -0.317 e. The predicted molar refractivity (Wildman–Crippen MR) is 88.9 cm³/mol. The Balaban J connectivity index is 0.00000242. The van der Waals surface area contributed by atoms with Crippen LogP contribution >= 0.6 is 28.3 Å². The fraction of sp³-hybridized carbons (Fsp3) is 0.500. The quantitative estimate of drug-likeness (QED) is 0.602. The van der Waals surface area contributed by atoms with Crippen LogP contribution in [0, 0.1) is 10.1 Å². The molecule has 2 rings (SSSR count). The Hall–Kier alpha value is -0.740. The molecule has 1 aromatic carbocycles. The van der Waals surface area contributed by atoms with Crippen LogP contribution in [0.4, 0.5) is 5.69 Å². The highest BCUT2D eigenvalue weighted by atomic mass is 79.9. The molecule has 0 aromatic heterocycles. The number of rotatable bonds is 4. The molecule has 1 aromatic rings. The zero-order chi connectivity index (χ0) is 15.6. The van der Waals surface area contributed by atoms with Crippen LogP contribution in [0.5, 0.6) is 0 Å². The van der Waals surface area contributed by atoms with Crippen molar-refractivity contribution in [3.8, 4) is 0 Å². The van der Waals surface area contributed by atoms with Crippen LogP contribution in [0.3, 0.4) is 0 Å². The van der Waals surface area contributed by atoms with Gasteiger partial charge in [-0.1, -0.05) is 15.9 Å². The minimum atomic E-state index is -3.90. The number of nitrogens with zero attached hydrogens (tertiary/aromatic N) is 2. The van der Waals surface area contributed by atoms with Crippen molar-refractivity contribution in [2.75, 3.05) is 20.1 Å². The molecule has 0 radical (unpaired) electrons. The lowest BCUT2D eigenvalue weighted by Crippen LogP contribution is -2.44. The number of nitro groups is 1. The van der Waals surface area contributed by atoms with E-state index >= 15 is 0 Å². The summed E-state index contributed by atoms with van der Waals surface area (Å²) in [5.74, 6) is 0. The van der Waals surface area contributed by atoms with Crippen LogP contribution in [-0.4, -0.2) is 43.8 Å². The number of halogens is 2. The van der Waals surface area contributed by atoms with E-state index in [1.807, 2.05) is 0 Å². The fourth-order valence-corrected chi connectivity index (χ4v) is 4.48. The highest BCUT2D eigenvalue weighted by Gasteiger charge is 2.34. The van der Waals surface area contributed by atoms with Crippen LogP contribution in [0.2, 0.25) is 0 Å². The fourth-order valence-electron chi connectivity index (χ4n) is 2.37. The SMILES string of the molecule is CN(C1CCNCC1)S(=O)(=O)c1cc(Br)ccc1[N+](=O)[O-].Cl. The normalized spacial score (nSPS) is 16.3. The van der Waals surface area contributed by atoms with Gasteiger partial charge >= 0.3 is 0 Å². The van der Waals surface area contributed by atoms with Crippen molar-refractivity contribution in [1.29, 1.82) is 0 Å². The van der Waals surface area contributed by atoms with Crippen LogP contribution in [0.1, 0.15) is 12.8 Å². The number of nitro benzene ring substituents is 1. The summed E-state index contributed by atoms with van der Waals surface area (Å²) in [4.78, 5) is 10.1. The first-order chi connectivity index (χ1) is 9.84. The van der Waals surface area contributed by atoms with Crippen LogP contribution in [0.15, 0.2) is 27.6 Å². The number of piperidine rings is 1. The van der Waals surface area contributed by atoms with Gasteiger partial charge in [0.2, 0.25) is 10.0 Å². The summed E-state index contributed by atoms with van der Waals surface area (Å²) in [5.41, 5.74) is -0.404. The molecule has 1 aliphatic rings. The van der Waals surface area contributed by atoms with Gasteiger partial charge in [0, 0.05) is 23.6 Å². The van der Waals surface area contributed by atoms with E-state index in [0.717, 1.165) is 13.1 Å². The molecule has 0 unspecified atom stereocenters. The van der Waals surface area contributed by atoms with Gasteiger partial charge in [-0.3, -0.25) is 10.1 Å². The zero-order valence-corrected chi connectivity index (χ0v) is 15.1. The molecule has 0 saturated carbocycles. The van der Waals surface area contributed by atoms with Gasteiger partial charge in [0.25, 0.3) is 5.69 Å². The first kappa shape index (κ1) is 19.3. The van der Waals surface area contributed by atoms with Gasteiger partial charge in [0.05, 0.1) is 4.92 Å². The van der Waals surface area contributed by atoms with E-state index in [1.165, 1.54) is 29.6 Å². The molecule has 124 valence electrons. The number of sulfonamides is 1. The maximum Gasteiger partial charge on any atom is 0.289 e. The lowest BCUT2D eigenvalue weighted by atomic mass is 10.1. The number of hydrogen-bond donors (Lipinski definition) is 1. The molecule has 7 nitrogen and oxygen atoms in total. The lowest BCUT2D eigenvalue weighted by Gasteiger charge is -2.30. The van der Waals surface area contributed by atoms with Crippen LogP contribution in [0.25, 0.3) is 0 Å². The average Bonchev–Trinajstić information content (AvgIpc) is 2.47. The summed E-state index contributed by atoms with van der Waals surface area (Å²) in [6.45, 7) is 1.48. The van der Waals surface area contributed by atoms with Crippen molar-refractivity contribution < 1.29 is 13.3 Å². The Morgan fingerprint density at radius 1 is 1.36 bits per heavy atom. The molecule has 0 aliphatic carbocycles. The van der Waals surface area contributed by atoms with Gasteiger partial charge in [-0.15, -0.1) is 12.4 Å². The maximum absolute atomic E-state index is 12.7. The topological polar surface area (TPSA) is 92.6 Å². The first-order valence-electron chi connectivity index (χ1n) is 6.46. The third kappa shape index (κ3) is 3.96. The van der Waals surface area contributed by atoms with Gasteiger partial charge in [0.15, 0.2) is 4.90 Å². The first-order valence-corrected chi connectivity index (χ1v) is 8.70. The molecule has 1 heterocycles. The molecule has 1 fully saturated rings. The molecular weight excluding hydrogens is 398 g/mol. The summed E-state index contributed by atoms with van der Waals surface area (Å²) < 4.78 is 27.1. The monoisotopic (exact) mass is 413 g/mol. The zero-order valence-electron chi connectivity index (χ0n) is 11.9. The molecule has 0 amide bonds. The third-order valence-corrected chi connectivity index (χ3v) is 6.03. The second-order valence-corrected chi connectivity index (χ2v) is 7.75. The Bertz CT molecular complexity index is 650. The van der Waals surface area contributed by atoms with Crippen molar-refractivity contribution in [3.63, 3.8) is 0 Å². The molecule has 0 bridgehead atoms. The number of benzene rings is 1. The summed E-state index contributed by atoms with van der Waals surface area (Å²) >= 11 is 3.17. The van der Waals surface area contributed by atoms with Gasteiger partial charge in [0.1, 0.15) is 0 Å². The van der Waals surface area contributed by atoms with E-state index in [1.54, 1.807) is 0 Å². The molecule has 0 spiro atoms. The number of hydrogen-bond acceptors (Lipinski definition) is 5. The van der Waals surface area contributed by atoms with Gasteiger partial charge in [-0.05, 0) is 38.1 Å². The van der Waals surface area contributed by atoms with E-state index in [0.29, 0.717) is 17.3 Å². The molecule has 0 atom stereocenters. The lowest BCUT2D eigenvalue weighted by molar-refractivity contribution is -0.387. The van der Waals surface area contributed by atoms with Crippen molar-refractivity contribution in [2.24, 2.45) is 0 Å². The summed E-state index contributed by atoms with van der Waals surface area (Å²) in [6.07, 6.45) is 1.38. The highest BCUT2D eigenvalue weighted by molar-refractivity contribution is 9.10. The minimum absolute atomic E-state index is 0. The largest absolute Gasteiger partial charge is 0.317 e. The smallest absolute Gasteiger partial charge is 0.289 e. The van der Waals surface area contributed by atoms with Gasteiger partial charge < -0.3 is 5.32 Å². The van der Waals surface area contributed by atoms with Gasteiger partial charge in [-0.25, -0.2) is 8.42 Å². The molecule has 1 saturated heterocycles. The number of nitrogens with one attached hydrogen (secondary N) is 1. The van der Waals surface area contributed by atoms with E-state index in [2.05, 4.69) is 21.2 Å². The van der Waals surface area contributed by atoms with E-state index in [9.17, 15) is 18.5 Å². The van der Waals surface area contributed by atoms with E-state index < -0.39 is 20.6 Å².